The molecular weight excluding hydrogens is 586 g/mol. The molecule has 0 saturated carbocycles. The molecule has 2 atom stereocenters. The highest BCUT2D eigenvalue weighted by atomic mass is 32.2. The molecule has 3 aliphatic heterocycles. The SMILES string of the molecule is CS(=O)(=O)c1c(C2CC3CCC(C2)N3C(=O)c2nnc[nH]2)nc2c(-c3ccc(-c4ccc5c(c4)OCO5)nc3)cnn2c1N. The second-order valence-corrected chi connectivity index (χ2v) is 13.3. The summed E-state index contributed by atoms with van der Waals surface area (Å²) in [6.45, 7) is 0.195. The van der Waals surface area contributed by atoms with Crippen LogP contribution in [0.5, 0.6) is 11.5 Å². The number of carbonyl (C=O) groups excluding carboxylic acids is 1. The van der Waals surface area contributed by atoms with E-state index in [2.05, 4.69) is 25.3 Å². The molecule has 5 aromatic rings. The largest absolute Gasteiger partial charge is 0.454 e. The number of rotatable bonds is 5. The Morgan fingerprint density at radius 2 is 1.82 bits per heavy atom. The zero-order chi connectivity index (χ0) is 30.2. The van der Waals surface area contributed by atoms with Gasteiger partial charge in [-0.05, 0) is 49.9 Å². The van der Waals surface area contributed by atoms with Gasteiger partial charge >= 0.3 is 0 Å². The number of H-pyrrole nitrogens is 1. The average Bonchev–Trinajstić information content (AvgIpc) is 3.82. The molecule has 0 spiro atoms. The highest BCUT2D eigenvalue weighted by Crippen LogP contribution is 2.46. The predicted octanol–water partition coefficient (Wildman–Crippen LogP) is 2.84. The van der Waals surface area contributed by atoms with Crippen molar-refractivity contribution >= 4 is 27.2 Å². The lowest BCUT2D eigenvalue weighted by Crippen LogP contribution is -2.46. The van der Waals surface area contributed by atoms with Crippen LogP contribution in [0.2, 0.25) is 0 Å². The van der Waals surface area contributed by atoms with Crippen LogP contribution in [0.15, 0.2) is 53.9 Å². The Morgan fingerprint density at radius 3 is 2.52 bits per heavy atom. The minimum atomic E-state index is -3.76. The molecule has 2 unspecified atom stereocenters. The lowest BCUT2D eigenvalue weighted by Gasteiger charge is -2.38. The van der Waals surface area contributed by atoms with Gasteiger partial charge in [0, 0.05) is 47.1 Å². The number of nitrogens with two attached hydrogens (primary N) is 1. The predicted molar refractivity (Wildman–Crippen MR) is 157 cm³/mol. The quantitative estimate of drug-likeness (QED) is 0.297. The number of piperidine rings is 1. The molecule has 15 heteroatoms. The van der Waals surface area contributed by atoms with E-state index in [9.17, 15) is 13.2 Å². The molecule has 0 aliphatic carbocycles. The second kappa shape index (κ2) is 9.74. The number of nitrogens with zero attached hydrogens (tertiary/aromatic N) is 7. The molecule has 7 heterocycles. The highest BCUT2D eigenvalue weighted by molar-refractivity contribution is 7.91. The van der Waals surface area contributed by atoms with Gasteiger partial charge in [-0.2, -0.15) is 9.61 Å². The number of aromatic amines is 1. The third kappa shape index (κ3) is 4.17. The van der Waals surface area contributed by atoms with Gasteiger partial charge in [-0.3, -0.25) is 9.78 Å². The maximum absolute atomic E-state index is 13.2. The number of pyridine rings is 1. The van der Waals surface area contributed by atoms with Crippen molar-refractivity contribution in [1.29, 1.82) is 0 Å². The summed E-state index contributed by atoms with van der Waals surface area (Å²) in [4.78, 5) is 27.4. The first-order valence-corrected chi connectivity index (χ1v) is 16.1. The number of carbonyl (C=O) groups is 1. The Balaban J connectivity index is 1.16. The first kappa shape index (κ1) is 26.6. The summed E-state index contributed by atoms with van der Waals surface area (Å²) in [6.07, 6.45) is 8.59. The molecule has 2 bridgehead atoms. The minimum absolute atomic E-state index is 0.0104. The molecule has 8 rings (SSSR count). The van der Waals surface area contributed by atoms with Crippen LogP contribution in [0.3, 0.4) is 0 Å². The Labute approximate surface area is 251 Å². The second-order valence-electron chi connectivity index (χ2n) is 11.4. The fourth-order valence-electron chi connectivity index (χ4n) is 6.82. The van der Waals surface area contributed by atoms with E-state index >= 15 is 0 Å². The summed E-state index contributed by atoms with van der Waals surface area (Å²) in [5.41, 5.74) is 10.4. The van der Waals surface area contributed by atoms with Gasteiger partial charge in [0.05, 0.1) is 17.6 Å². The van der Waals surface area contributed by atoms with Crippen LogP contribution in [0.4, 0.5) is 5.82 Å². The number of benzene rings is 1. The summed E-state index contributed by atoms with van der Waals surface area (Å²) < 4.78 is 38.5. The number of anilines is 1. The van der Waals surface area contributed by atoms with Gasteiger partial charge in [-0.1, -0.05) is 6.07 Å². The molecule has 1 aromatic carbocycles. The van der Waals surface area contributed by atoms with Gasteiger partial charge in [0.1, 0.15) is 17.0 Å². The van der Waals surface area contributed by atoms with Crippen molar-refractivity contribution in [3.8, 4) is 33.9 Å². The van der Waals surface area contributed by atoms with Crippen LogP contribution in [0.25, 0.3) is 28.0 Å². The van der Waals surface area contributed by atoms with Gasteiger partial charge in [-0.15, -0.1) is 10.2 Å². The number of fused-ring (bicyclic) bond motifs is 4. The Hall–Kier alpha value is -5.05. The van der Waals surface area contributed by atoms with E-state index in [1.165, 1.54) is 10.8 Å². The normalized spacial score (nSPS) is 20.8. The van der Waals surface area contributed by atoms with Crippen molar-refractivity contribution in [3.63, 3.8) is 0 Å². The standard InChI is InChI=1S/C29H27N9O5S/c1-44(40,41)25-24(17-8-18-4-5-19(9-17)37(18)29(39)27-32-13-33-36-27)35-28-20(12-34-38(28)26(25)30)16-2-6-21(31-11-16)15-3-7-22-23(10-15)43-14-42-22/h2-3,6-7,10-13,17-19H,4-5,8-9,14,30H2,1H3,(H,32,33,36). The van der Waals surface area contributed by atoms with Gasteiger partial charge in [0.2, 0.25) is 12.6 Å². The average molecular weight is 614 g/mol. The van der Waals surface area contributed by atoms with Gasteiger partial charge in [0.25, 0.3) is 5.91 Å². The van der Waals surface area contributed by atoms with Gasteiger partial charge in [0.15, 0.2) is 27.0 Å². The van der Waals surface area contributed by atoms with Gasteiger partial charge in [-0.25, -0.2) is 13.4 Å². The van der Waals surface area contributed by atoms with Crippen LogP contribution in [-0.4, -0.2) is 79.1 Å². The van der Waals surface area contributed by atoms with Crippen molar-refractivity contribution in [2.75, 3.05) is 18.8 Å². The maximum atomic E-state index is 13.2. The number of nitrogen functional groups attached to an aromatic ring is 1. The smallest absolute Gasteiger partial charge is 0.292 e. The molecule has 4 aromatic heterocycles. The van der Waals surface area contributed by atoms with Gasteiger partial charge < -0.3 is 25.1 Å². The Bertz CT molecular complexity index is 2030. The molecule has 14 nitrogen and oxygen atoms in total. The number of aromatic nitrogens is 7. The first-order chi connectivity index (χ1) is 21.3. The molecular formula is C29H27N9O5S. The maximum Gasteiger partial charge on any atom is 0.292 e. The number of sulfone groups is 1. The zero-order valence-electron chi connectivity index (χ0n) is 23.5. The van der Waals surface area contributed by atoms with Crippen LogP contribution >= 0.6 is 0 Å². The third-order valence-electron chi connectivity index (χ3n) is 8.75. The van der Waals surface area contributed by atoms with Crippen molar-refractivity contribution in [3.05, 3.63) is 60.6 Å². The summed E-state index contributed by atoms with van der Waals surface area (Å²) in [5.74, 6) is 1.16. The van der Waals surface area contributed by atoms with Crippen LogP contribution < -0.4 is 15.2 Å². The van der Waals surface area contributed by atoms with E-state index in [1.807, 2.05) is 35.2 Å². The Kier molecular flexibility index (Phi) is 5.88. The fraction of sp³-hybridized carbons (Fsp3) is 0.310. The van der Waals surface area contributed by atoms with E-state index in [4.69, 9.17) is 20.2 Å². The number of hydrogen-bond donors (Lipinski definition) is 2. The summed E-state index contributed by atoms with van der Waals surface area (Å²) in [5, 5.41) is 12.1. The third-order valence-corrected chi connectivity index (χ3v) is 9.91. The molecule has 224 valence electrons. The summed E-state index contributed by atoms with van der Waals surface area (Å²) >= 11 is 0. The highest BCUT2D eigenvalue weighted by Gasteiger charge is 2.46. The topological polar surface area (TPSA) is 184 Å². The van der Waals surface area contributed by atoms with Crippen molar-refractivity contribution < 1.29 is 22.7 Å². The van der Waals surface area contributed by atoms with Crippen LogP contribution in [0, 0.1) is 0 Å². The number of ether oxygens (including phenoxy) is 2. The lowest BCUT2D eigenvalue weighted by molar-refractivity contribution is 0.0556. The zero-order valence-corrected chi connectivity index (χ0v) is 24.4. The molecule has 0 radical (unpaired) electrons. The number of hydrogen-bond acceptors (Lipinski definition) is 11. The number of nitrogens with one attached hydrogen (secondary N) is 1. The van der Waals surface area contributed by atoms with Crippen molar-refractivity contribution in [1.82, 2.24) is 39.7 Å². The van der Waals surface area contributed by atoms with Crippen molar-refractivity contribution in [2.24, 2.45) is 0 Å². The van der Waals surface area contributed by atoms with E-state index in [-0.39, 0.29) is 47.2 Å². The molecule has 2 fully saturated rings. The monoisotopic (exact) mass is 613 g/mol. The molecule has 2 saturated heterocycles. The van der Waals surface area contributed by atoms with Crippen molar-refractivity contribution in [2.45, 2.75) is 48.6 Å². The fourth-order valence-corrected chi connectivity index (χ4v) is 7.88. The number of amides is 1. The summed E-state index contributed by atoms with van der Waals surface area (Å²) in [7, 11) is -3.76. The van der Waals surface area contributed by atoms with Crippen LogP contribution in [0.1, 0.15) is 47.9 Å². The summed E-state index contributed by atoms with van der Waals surface area (Å²) in [6, 6.07) is 9.31. The molecule has 3 aliphatic rings. The van der Waals surface area contributed by atoms with E-state index in [0.717, 1.165) is 35.9 Å². The molecule has 1 amide bonds. The lowest BCUT2D eigenvalue weighted by atomic mass is 9.87. The first-order valence-electron chi connectivity index (χ1n) is 14.2. The molecule has 44 heavy (non-hydrogen) atoms. The minimum Gasteiger partial charge on any atom is -0.454 e. The van der Waals surface area contributed by atoms with E-state index in [0.29, 0.717) is 41.2 Å². The molecule has 3 N–H and O–H groups in total. The van der Waals surface area contributed by atoms with Crippen LogP contribution in [-0.2, 0) is 9.84 Å². The Morgan fingerprint density at radius 1 is 1.05 bits per heavy atom. The van der Waals surface area contributed by atoms with E-state index in [1.54, 1.807) is 12.4 Å². The van der Waals surface area contributed by atoms with E-state index < -0.39 is 9.84 Å².